The van der Waals surface area contributed by atoms with Crippen molar-refractivity contribution in [3.05, 3.63) is 59.9 Å². The number of nitrogens with one attached hydrogen (secondary N) is 2. The van der Waals surface area contributed by atoms with Crippen LogP contribution >= 0.6 is 0 Å². The third kappa shape index (κ3) is 3.97. The number of para-hydroxylation sites is 1. The standard InChI is InChI=1S/C18H19N5O3/c1-25-14-8-9-16(26-2)12(10-14)11-15(17-20-22-23-21-17)18(24)19-13-6-4-3-5-7-13/h3-10,15H,11H2,1-2H3,(H,19,24)(H,20,21,22,23). The molecule has 0 radical (unpaired) electrons. The maximum absolute atomic E-state index is 12.9. The average Bonchev–Trinajstić information content (AvgIpc) is 3.21. The Balaban J connectivity index is 1.89. The first-order chi connectivity index (χ1) is 12.7. The highest BCUT2D eigenvalue weighted by atomic mass is 16.5. The van der Waals surface area contributed by atoms with Gasteiger partial charge in [0.25, 0.3) is 0 Å². The summed E-state index contributed by atoms with van der Waals surface area (Å²) in [6, 6.07) is 14.7. The van der Waals surface area contributed by atoms with Crippen LogP contribution in [0.4, 0.5) is 5.69 Å². The van der Waals surface area contributed by atoms with Gasteiger partial charge >= 0.3 is 0 Å². The highest BCUT2D eigenvalue weighted by molar-refractivity contribution is 5.95. The van der Waals surface area contributed by atoms with Crippen LogP contribution in [0, 0.1) is 0 Å². The molecule has 1 aromatic heterocycles. The number of anilines is 1. The predicted octanol–water partition coefficient (Wildman–Crippen LogP) is 2.18. The molecule has 134 valence electrons. The SMILES string of the molecule is COc1ccc(OC)c(CC(C(=O)Nc2ccccc2)c2nn[nH]n2)c1. The normalized spacial score (nSPS) is 11.6. The summed E-state index contributed by atoms with van der Waals surface area (Å²) >= 11 is 0. The fraction of sp³-hybridized carbons (Fsp3) is 0.222. The van der Waals surface area contributed by atoms with Crippen molar-refractivity contribution < 1.29 is 14.3 Å². The number of H-pyrrole nitrogens is 1. The van der Waals surface area contributed by atoms with Crippen LogP contribution in [-0.2, 0) is 11.2 Å². The second-order valence-electron chi connectivity index (χ2n) is 5.56. The topological polar surface area (TPSA) is 102 Å². The van der Waals surface area contributed by atoms with Crippen LogP contribution in [0.1, 0.15) is 17.3 Å². The summed E-state index contributed by atoms with van der Waals surface area (Å²) in [5, 5.41) is 16.8. The van der Waals surface area contributed by atoms with Gasteiger partial charge in [-0.05, 0) is 42.3 Å². The largest absolute Gasteiger partial charge is 0.497 e. The lowest BCUT2D eigenvalue weighted by atomic mass is 9.96. The summed E-state index contributed by atoms with van der Waals surface area (Å²) in [4.78, 5) is 12.9. The van der Waals surface area contributed by atoms with Gasteiger partial charge in [0.15, 0.2) is 5.82 Å². The van der Waals surface area contributed by atoms with Crippen LogP contribution in [0.3, 0.4) is 0 Å². The van der Waals surface area contributed by atoms with Gasteiger partial charge in [-0.25, -0.2) is 0 Å². The van der Waals surface area contributed by atoms with E-state index >= 15 is 0 Å². The molecular formula is C18H19N5O3. The minimum Gasteiger partial charge on any atom is -0.497 e. The Morgan fingerprint density at radius 3 is 2.62 bits per heavy atom. The number of aromatic amines is 1. The summed E-state index contributed by atoms with van der Waals surface area (Å²) in [7, 11) is 3.17. The predicted molar refractivity (Wildman–Crippen MR) is 95.2 cm³/mol. The van der Waals surface area contributed by atoms with Crippen molar-refractivity contribution in [1.82, 2.24) is 20.6 Å². The summed E-state index contributed by atoms with van der Waals surface area (Å²) in [5.74, 6) is 0.767. The zero-order valence-corrected chi connectivity index (χ0v) is 14.5. The Hall–Kier alpha value is -3.42. The number of aromatic nitrogens is 4. The van der Waals surface area contributed by atoms with Gasteiger partial charge in [0.05, 0.1) is 14.2 Å². The Bertz CT molecular complexity index is 853. The lowest BCUT2D eigenvalue weighted by Gasteiger charge is -2.16. The van der Waals surface area contributed by atoms with Crippen LogP contribution in [0.15, 0.2) is 48.5 Å². The zero-order valence-electron chi connectivity index (χ0n) is 14.5. The number of benzene rings is 2. The molecule has 2 N–H and O–H groups in total. The zero-order chi connectivity index (χ0) is 18.4. The van der Waals surface area contributed by atoms with E-state index < -0.39 is 5.92 Å². The molecule has 8 nitrogen and oxygen atoms in total. The molecule has 0 spiro atoms. The number of rotatable bonds is 7. The molecule has 0 saturated heterocycles. The first kappa shape index (κ1) is 17.4. The fourth-order valence-electron chi connectivity index (χ4n) is 2.63. The van der Waals surface area contributed by atoms with Gasteiger partial charge in [0, 0.05) is 5.69 Å². The van der Waals surface area contributed by atoms with Crippen LogP contribution in [0.25, 0.3) is 0 Å². The van der Waals surface area contributed by atoms with Gasteiger partial charge in [0.2, 0.25) is 5.91 Å². The molecule has 1 heterocycles. The van der Waals surface area contributed by atoms with E-state index in [-0.39, 0.29) is 5.91 Å². The number of hydrogen-bond acceptors (Lipinski definition) is 6. The minimum absolute atomic E-state index is 0.234. The van der Waals surface area contributed by atoms with Crippen molar-refractivity contribution in [2.24, 2.45) is 0 Å². The molecule has 1 amide bonds. The Morgan fingerprint density at radius 2 is 1.96 bits per heavy atom. The van der Waals surface area contributed by atoms with Crippen LogP contribution < -0.4 is 14.8 Å². The first-order valence-electron chi connectivity index (χ1n) is 8.01. The maximum Gasteiger partial charge on any atom is 0.235 e. The van der Waals surface area contributed by atoms with Gasteiger partial charge in [-0.1, -0.05) is 23.4 Å². The number of tetrazole rings is 1. The fourth-order valence-corrected chi connectivity index (χ4v) is 2.63. The molecule has 3 rings (SSSR count). The van der Waals surface area contributed by atoms with E-state index in [9.17, 15) is 4.79 Å². The molecule has 0 fully saturated rings. The molecule has 3 aromatic rings. The molecular weight excluding hydrogens is 334 g/mol. The summed E-state index contributed by atoms with van der Waals surface area (Å²) in [6.07, 6.45) is 0.332. The average molecular weight is 353 g/mol. The van der Waals surface area contributed by atoms with Gasteiger partial charge in [-0.3, -0.25) is 4.79 Å². The monoisotopic (exact) mass is 353 g/mol. The summed E-state index contributed by atoms with van der Waals surface area (Å²) in [6.45, 7) is 0. The van der Waals surface area contributed by atoms with E-state index in [2.05, 4.69) is 25.9 Å². The minimum atomic E-state index is -0.644. The molecule has 1 atom stereocenters. The van der Waals surface area contributed by atoms with E-state index in [1.54, 1.807) is 26.4 Å². The number of amides is 1. The summed E-state index contributed by atoms with van der Waals surface area (Å²) < 4.78 is 10.7. The Labute approximate surface area is 150 Å². The number of ether oxygens (including phenoxy) is 2. The van der Waals surface area contributed by atoms with Gasteiger partial charge in [0.1, 0.15) is 17.4 Å². The van der Waals surface area contributed by atoms with Gasteiger partial charge < -0.3 is 14.8 Å². The van der Waals surface area contributed by atoms with Crippen LogP contribution in [0.2, 0.25) is 0 Å². The molecule has 0 bridgehead atoms. The second kappa shape index (κ2) is 8.11. The molecule has 8 heteroatoms. The van der Waals surface area contributed by atoms with E-state index in [4.69, 9.17) is 9.47 Å². The van der Waals surface area contributed by atoms with E-state index in [1.165, 1.54) is 0 Å². The Kier molecular flexibility index (Phi) is 5.43. The lowest BCUT2D eigenvalue weighted by Crippen LogP contribution is -2.24. The number of hydrogen-bond donors (Lipinski definition) is 2. The molecule has 26 heavy (non-hydrogen) atoms. The van der Waals surface area contributed by atoms with E-state index in [0.29, 0.717) is 29.4 Å². The molecule has 2 aromatic carbocycles. The van der Waals surface area contributed by atoms with Crippen LogP contribution in [-0.4, -0.2) is 40.8 Å². The first-order valence-corrected chi connectivity index (χ1v) is 8.01. The van der Waals surface area contributed by atoms with E-state index in [0.717, 1.165) is 5.56 Å². The van der Waals surface area contributed by atoms with Gasteiger partial charge in [-0.2, -0.15) is 5.21 Å². The number of nitrogens with zero attached hydrogens (tertiary/aromatic N) is 3. The number of carbonyl (C=O) groups excluding carboxylic acids is 1. The molecule has 0 aliphatic carbocycles. The summed E-state index contributed by atoms with van der Waals surface area (Å²) in [5.41, 5.74) is 1.51. The molecule has 0 aliphatic rings. The number of methoxy groups -OCH3 is 2. The lowest BCUT2D eigenvalue weighted by molar-refractivity contribution is -0.117. The number of carbonyl (C=O) groups is 1. The van der Waals surface area contributed by atoms with Crippen molar-refractivity contribution >= 4 is 11.6 Å². The van der Waals surface area contributed by atoms with Crippen molar-refractivity contribution in [2.75, 3.05) is 19.5 Å². The quantitative estimate of drug-likeness (QED) is 0.675. The molecule has 0 aliphatic heterocycles. The van der Waals surface area contributed by atoms with Crippen molar-refractivity contribution in [3.63, 3.8) is 0 Å². The second-order valence-corrected chi connectivity index (χ2v) is 5.56. The highest BCUT2D eigenvalue weighted by Gasteiger charge is 2.27. The van der Waals surface area contributed by atoms with Crippen molar-refractivity contribution in [2.45, 2.75) is 12.3 Å². The van der Waals surface area contributed by atoms with E-state index in [1.807, 2.05) is 36.4 Å². The van der Waals surface area contributed by atoms with Crippen molar-refractivity contribution in [1.29, 1.82) is 0 Å². The smallest absolute Gasteiger partial charge is 0.235 e. The maximum atomic E-state index is 12.9. The highest BCUT2D eigenvalue weighted by Crippen LogP contribution is 2.29. The molecule has 0 saturated carbocycles. The van der Waals surface area contributed by atoms with Crippen LogP contribution in [0.5, 0.6) is 11.5 Å². The Morgan fingerprint density at radius 1 is 1.15 bits per heavy atom. The third-order valence-corrected chi connectivity index (χ3v) is 3.94. The third-order valence-electron chi connectivity index (χ3n) is 3.94. The van der Waals surface area contributed by atoms with Gasteiger partial charge in [-0.15, -0.1) is 10.2 Å². The van der Waals surface area contributed by atoms with Crippen molar-refractivity contribution in [3.8, 4) is 11.5 Å². The molecule has 1 unspecified atom stereocenters.